The second-order valence-electron chi connectivity index (χ2n) is 12.8. The monoisotopic (exact) mass is 618 g/mol. The number of ether oxygens (including phenoxy) is 3. The Morgan fingerprint density at radius 3 is 2.36 bits per heavy atom. The van der Waals surface area contributed by atoms with E-state index in [1.165, 1.54) is 0 Å². The van der Waals surface area contributed by atoms with Gasteiger partial charge < -0.3 is 39.8 Å². The lowest BCUT2D eigenvalue weighted by Gasteiger charge is -2.32. The van der Waals surface area contributed by atoms with E-state index in [0.717, 1.165) is 23.7 Å². The van der Waals surface area contributed by atoms with E-state index in [-0.39, 0.29) is 30.7 Å². The Balaban J connectivity index is 2.12. The summed E-state index contributed by atoms with van der Waals surface area (Å²) in [5.74, 6) is -0.185. The van der Waals surface area contributed by atoms with Gasteiger partial charge in [0.25, 0.3) is 0 Å². The van der Waals surface area contributed by atoms with Gasteiger partial charge in [0.2, 0.25) is 5.91 Å². The maximum absolute atomic E-state index is 12.9. The molecular formula is C33H54N4O7. The van der Waals surface area contributed by atoms with Crippen molar-refractivity contribution in [2.75, 3.05) is 26.8 Å². The van der Waals surface area contributed by atoms with Gasteiger partial charge in [-0.2, -0.15) is 0 Å². The van der Waals surface area contributed by atoms with Crippen LogP contribution in [-0.4, -0.2) is 72.3 Å². The van der Waals surface area contributed by atoms with Gasteiger partial charge in [0.1, 0.15) is 5.60 Å². The molecule has 1 aromatic heterocycles. The molecule has 0 aliphatic heterocycles. The first kappa shape index (κ1) is 36.9. The van der Waals surface area contributed by atoms with E-state index in [1.807, 2.05) is 42.7 Å². The first-order valence-electron chi connectivity index (χ1n) is 15.7. The van der Waals surface area contributed by atoms with E-state index in [1.54, 1.807) is 41.0 Å². The fourth-order valence-electron chi connectivity index (χ4n) is 4.90. The number of hydrogen-bond donors (Lipinski definition) is 4. The highest BCUT2D eigenvalue weighted by molar-refractivity contribution is 5.89. The predicted molar refractivity (Wildman–Crippen MR) is 172 cm³/mol. The summed E-state index contributed by atoms with van der Waals surface area (Å²) in [4.78, 5) is 38.3. The largest absolute Gasteiger partial charge is 0.444 e. The van der Waals surface area contributed by atoms with Gasteiger partial charge in [0, 0.05) is 44.2 Å². The number of aliphatic hydroxyl groups is 1. The summed E-state index contributed by atoms with van der Waals surface area (Å²) >= 11 is 0. The number of nitrogens with zero attached hydrogens (tertiary/aromatic N) is 1. The Morgan fingerprint density at radius 2 is 1.73 bits per heavy atom. The van der Waals surface area contributed by atoms with Crippen molar-refractivity contribution in [1.29, 1.82) is 0 Å². The number of carbonyl (C=O) groups excluding carboxylic acids is 3. The Kier molecular flexibility index (Phi) is 15.0. The highest BCUT2D eigenvalue weighted by Crippen LogP contribution is 2.28. The summed E-state index contributed by atoms with van der Waals surface area (Å²) in [6.45, 7) is 15.1. The molecule has 4 N–H and O–H groups in total. The van der Waals surface area contributed by atoms with Crippen molar-refractivity contribution in [3.05, 3.63) is 30.5 Å². The summed E-state index contributed by atoms with van der Waals surface area (Å²) in [7, 11) is 1.64. The molecule has 0 spiro atoms. The molecule has 2 aromatic rings. The second kappa shape index (κ2) is 17.9. The topological polar surface area (TPSA) is 140 Å². The minimum Gasteiger partial charge on any atom is -0.444 e. The highest BCUT2D eigenvalue weighted by atomic mass is 16.6. The summed E-state index contributed by atoms with van der Waals surface area (Å²) in [5.41, 5.74) is 0.215. The van der Waals surface area contributed by atoms with E-state index >= 15 is 0 Å². The summed E-state index contributed by atoms with van der Waals surface area (Å²) in [5, 5.41) is 20.7. The minimum absolute atomic E-state index is 0.0937. The average Bonchev–Trinajstić information content (AvgIpc) is 3.29. The molecule has 44 heavy (non-hydrogen) atoms. The van der Waals surface area contributed by atoms with E-state index in [9.17, 15) is 19.5 Å². The van der Waals surface area contributed by atoms with Crippen LogP contribution >= 0.6 is 0 Å². The lowest BCUT2D eigenvalue weighted by atomic mass is 9.85. The smallest absolute Gasteiger partial charge is 0.412 e. The van der Waals surface area contributed by atoms with Gasteiger partial charge in [0.15, 0.2) is 5.75 Å². The fraction of sp³-hybridized carbons (Fsp3) is 0.667. The number of aromatic nitrogens is 1. The van der Waals surface area contributed by atoms with Crippen molar-refractivity contribution in [2.45, 2.75) is 98.4 Å². The zero-order chi connectivity index (χ0) is 32.9. The number of carbonyl (C=O) groups is 3. The van der Waals surface area contributed by atoms with Crippen LogP contribution in [0.3, 0.4) is 0 Å². The number of unbranched alkanes of at least 4 members (excludes halogenated alkanes) is 1. The maximum Gasteiger partial charge on any atom is 0.412 e. The zero-order valence-electron chi connectivity index (χ0n) is 27.8. The molecule has 0 saturated carbocycles. The normalized spacial score (nSPS) is 14.5. The van der Waals surface area contributed by atoms with Crippen LogP contribution in [0.5, 0.6) is 5.75 Å². The molecule has 0 unspecified atom stereocenters. The number of nitrogens with one attached hydrogen (secondary N) is 3. The molecule has 0 radical (unpaired) electrons. The van der Waals surface area contributed by atoms with Gasteiger partial charge in [-0.1, -0.05) is 46.2 Å². The van der Waals surface area contributed by atoms with Gasteiger partial charge in [-0.15, -0.1) is 0 Å². The lowest BCUT2D eigenvalue weighted by molar-refractivity contribution is -0.125. The maximum atomic E-state index is 12.9. The molecular weight excluding hydrogens is 564 g/mol. The molecule has 11 nitrogen and oxygen atoms in total. The van der Waals surface area contributed by atoms with E-state index in [2.05, 4.69) is 22.9 Å². The van der Waals surface area contributed by atoms with E-state index < -0.39 is 35.9 Å². The molecule has 4 atom stereocenters. The van der Waals surface area contributed by atoms with Crippen LogP contribution in [0.25, 0.3) is 10.9 Å². The molecule has 1 heterocycles. The van der Waals surface area contributed by atoms with Crippen LogP contribution < -0.4 is 20.7 Å². The van der Waals surface area contributed by atoms with Crippen molar-refractivity contribution < 1.29 is 33.7 Å². The number of hydrogen-bond acceptors (Lipinski definition) is 7. The molecule has 0 bridgehead atoms. The Labute approximate surface area is 262 Å². The molecule has 11 heteroatoms. The van der Waals surface area contributed by atoms with Gasteiger partial charge in [-0.25, -0.2) is 9.59 Å². The third-order valence-electron chi connectivity index (χ3n) is 7.54. The van der Waals surface area contributed by atoms with Crippen LogP contribution in [0.4, 0.5) is 9.59 Å². The van der Waals surface area contributed by atoms with Gasteiger partial charge >= 0.3 is 12.2 Å². The predicted octanol–water partition coefficient (Wildman–Crippen LogP) is 5.24. The number of benzene rings is 1. The third kappa shape index (κ3) is 12.4. The number of rotatable bonds is 17. The summed E-state index contributed by atoms with van der Waals surface area (Å²) in [6.07, 6.45) is 1.88. The van der Waals surface area contributed by atoms with Gasteiger partial charge in [-0.05, 0) is 64.0 Å². The van der Waals surface area contributed by atoms with E-state index in [4.69, 9.17) is 14.2 Å². The van der Waals surface area contributed by atoms with Crippen LogP contribution in [-0.2, 0) is 20.8 Å². The van der Waals surface area contributed by atoms with Crippen molar-refractivity contribution in [2.24, 2.45) is 17.8 Å². The molecule has 0 aliphatic carbocycles. The number of fused-ring (bicyclic) bond motifs is 1. The SMILES string of the molecule is CCCCNC(=O)[C@H](C)C[C@H](O)[C@H](C[C@@H](CNC(=O)Oc1cn(CCOC)c2ccccc12)C(C)C)NC(=O)OC(C)(C)C. The van der Waals surface area contributed by atoms with Crippen LogP contribution in [0.2, 0.25) is 0 Å². The highest BCUT2D eigenvalue weighted by Gasteiger charge is 2.31. The van der Waals surface area contributed by atoms with Gasteiger partial charge in [-0.3, -0.25) is 4.79 Å². The van der Waals surface area contributed by atoms with Crippen molar-refractivity contribution in [3.63, 3.8) is 0 Å². The number of alkyl carbamates (subject to hydrolysis) is 1. The average molecular weight is 619 g/mol. The molecule has 0 fully saturated rings. The second-order valence-corrected chi connectivity index (χ2v) is 12.8. The molecule has 248 valence electrons. The van der Waals surface area contributed by atoms with Crippen LogP contribution in [0.1, 0.15) is 74.1 Å². The molecule has 3 amide bonds. The van der Waals surface area contributed by atoms with E-state index in [0.29, 0.717) is 31.9 Å². The fourth-order valence-corrected chi connectivity index (χ4v) is 4.90. The molecule has 1 aromatic carbocycles. The summed E-state index contributed by atoms with van der Waals surface area (Å²) in [6, 6.07) is 6.97. The first-order chi connectivity index (χ1) is 20.7. The molecule has 2 rings (SSSR count). The zero-order valence-corrected chi connectivity index (χ0v) is 27.8. The number of methoxy groups -OCH3 is 1. The molecule has 0 saturated heterocycles. The van der Waals surface area contributed by atoms with Crippen molar-refractivity contribution >= 4 is 29.0 Å². The third-order valence-corrected chi connectivity index (χ3v) is 7.54. The lowest BCUT2D eigenvalue weighted by Crippen LogP contribution is -2.49. The van der Waals surface area contributed by atoms with Crippen molar-refractivity contribution in [1.82, 2.24) is 20.5 Å². The van der Waals surface area contributed by atoms with Crippen LogP contribution in [0, 0.1) is 17.8 Å². The standard InChI is InChI=1S/C33H54N4O7/c1-9-10-15-34-30(39)23(4)18-28(38)26(36-32(41)44-33(5,6)7)19-24(22(2)3)20-35-31(40)43-29-21-37(16-17-42-8)27-14-12-11-13-25(27)29/h11-14,21-24,26,28,38H,9-10,15-20H2,1-8H3,(H,34,39)(H,35,40)(H,36,41)/t23-,24+,26+,28+/m1/s1. The first-order valence-corrected chi connectivity index (χ1v) is 15.7. The Bertz CT molecular complexity index is 1190. The van der Waals surface area contributed by atoms with Gasteiger partial charge in [0.05, 0.1) is 24.3 Å². The number of para-hydroxylation sites is 1. The number of aliphatic hydroxyl groups excluding tert-OH is 1. The quantitative estimate of drug-likeness (QED) is 0.178. The minimum atomic E-state index is -1.01. The van der Waals surface area contributed by atoms with Crippen molar-refractivity contribution in [3.8, 4) is 5.75 Å². The molecule has 0 aliphatic rings. The number of amides is 3. The summed E-state index contributed by atoms with van der Waals surface area (Å²) < 4.78 is 18.4. The Morgan fingerprint density at radius 1 is 1.02 bits per heavy atom. The van der Waals surface area contributed by atoms with Crippen LogP contribution in [0.15, 0.2) is 30.5 Å². The Hall–Kier alpha value is -3.31.